The van der Waals surface area contributed by atoms with Gasteiger partial charge < -0.3 is 19.5 Å². The maximum absolute atomic E-state index is 16.9. The zero-order valence-electron chi connectivity index (χ0n) is 26.2. The summed E-state index contributed by atoms with van der Waals surface area (Å²) in [6, 6.07) is 11.1. The largest absolute Gasteiger partial charge is 0.461 e. The highest BCUT2D eigenvalue weighted by Gasteiger charge is 2.53. The number of alkyl halides is 1. The Hall–Kier alpha value is -3.48. The van der Waals surface area contributed by atoms with Gasteiger partial charge in [0.25, 0.3) is 0 Å². The third kappa shape index (κ3) is 4.97. The molecule has 0 saturated carbocycles. The summed E-state index contributed by atoms with van der Waals surface area (Å²) in [6.07, 6.45) is 3.58. The van der Waals surface area contributed by atoms with Crippen molar-refractivity contribution in [2.45, 2.75) is 55.7 Å². The minimum atomic E-state index is -0.907. The number of benzene rings is 2. The number of anilines is 1. The van der Waals surface area contributed by atoms with E-state index in [1.54, 1.807) is 18.3 Å². The maximum atomic E-state index is 16.9. The molecule has 9 nitrogen and oxygen atoms in total. The number of aliphatic hydroxyl groups excluding tert-OH is 1. The number of aromatic nitrogens is 3. The molecular formula is C35H37ClF2N6O3. The van der Waals surface area contributed by atoms with Crippen molar-refractivity contribution in [3.8, 4) is 17.3 Å². The zero-order valence-corrected chi connectivity index (χ0v) is 27.0. The van der Waals surface area contributed by atoms with Crippen molar-refractivity contribution >= 4 is 39.1 Å². The van der Waals surface area contributed by atoms with Crippen molar-refractivity contribution in [3.05, 3.63) is 66.1 Å². The second kappa shape index (κ2) is 11.6. The first-order chi connectivity index (χ1) is 22.7. The van der Waals surface area contributed by atoms with Crippen LogP contribution in [-0.2, 0) is 4.74 Å². The van der Waals surface area contributed by atoms with Gasteiger partial charge in [0, 0.05) is 54.3 Å². The Labute approximate surface area is 276 Å². The fourth-order valence-electron chi connectivity index (χ4n) is 8.43. The molecule has 4 saturated heterocycles. The minimum Gasteiger partial charge on any atom is -0.461 e. The van der Waals surface area contributed by atoms with E-state index in [2.05, 4.69) is 26.3 Å². The first-order valence-corrected chi connectivity index (χ1v) is 16.6. The lowest BCUT2D eigenvalue weighted by Gasteiger charge is -2.58. The summed E-state index contributed by atoms with van der Waals surface area (Å²) in [4.78, 5) is 20.4. The van der Waals surface area contributed by atoms with E-state index in [1.165, 1.54) is 6.08 Å². The SMILES string of the molecule is C=CC(O)N1C(C)CN(c2nc(OC[C@@]34CCCN3C[C@H](F)C4)nc3c(F)c(-c4cccc5cccc(Cl)c45)ncc23)CC12COC2. The van der Waals surface area contributed by atoms with Crippen LogP contribution in [0.3, 0.4) is 0 Å². The number of rotatable bonds is 7. The lowest BCUT2D eigenvalue weighted by atomic mass is 9.88. The number of aliphatic hydroxyl groups is 1. The highest BCUT2D eigenvalue weighted by atomic mass is 35.5. The Kier molecular flexibility index (Phi) is 7.60. The Morgan fingerprint density at radius 2 is 2.02 bits per heavy atom. The second-order valence-electron chi connectivity index (χ2n) is 13.5. The average Bonchev–Trinajstić information content (AvgIpc) is 3.58. The molecule has 4 atom stereocenters. The minimum absolute atomic E-state index is 0.0307. The van der Waals surface area contributed by atoms with E-state index < -0.39 is 29.3 Å². The summed E-state index contributed by atoms with van der Waals surface area (Å²) in [7, 11) is 0. The van der Waals surface area contributed by atoms with E-state index in [-0.39, 0.29) is 29.9 Å². The Morgan fingerprint density at radius 3 is 2.79 bits per heavy atom. The van der Waals surface area contributed by atoms with Gasteiger partial charge in [0.15, 0.2) is 5.82 Å². The molecular weight excluding hydrogens is 626 g/mol. The van der Waals surface area contributed by atoms with Gasteiger partial charge in [-0.3, -0.25) is 14.8 Å². The molecule has 4 fully saturated rings. The predicted octanol–water partition coefficient (Wildman–Crippen LogP) is 5.38. The van der Waals surface area contributed by atoms with Gasteiger partial charge in [0.05, 0.1) is 29.7 Å². The molecule has 47 heavy (non-hydrogen) atoms. The first-order valence-electron chi connectivity index (χ1n) is 16.2. The fourth-order valence-corrected chi connectivity index (χ4v) is 8.71. The van der Waals surface area contributed by atoms with Gasteiger partial charge in [0.1, 0.15) is 36.0 Å². The molecule has 12 heteroatoms. The molecule has 246 valence electrons. The molecule has 4 aliphatic rings. The number of ether oxygens (including phenoxy) is 2. The van der Waals surface area contributed by atoms with Gasteiger partial charge in [-0.1, -0.05) is 48.5 Å². The van der Waals surface area contributed by atoms with Crippen LogP contribution in [-0.4, -0.2) is 105 Å². The molecule has 0 aliphatic carbocycles. The topological polar surface area (TPSA) is 87.1 Å². The second-order valence-corrected chi connectivity index (χ2v) is 13.9. The van der Waals surface area contributed by atoms with E-state index in [9.17, 15) is 9.50 Å². The van der Waals surface area contributed by atoms with Crippen molar-refractivity contribution in [2.75, 3.05) is 50.9 Å². The van der Waals surface area contributed by atoms with E-state index in [0.29, 0.717) is 66.4 Å². The number of halogens is 3. The third-order valence-electron chi connectivity index (χ3n) is 10.5. The monoisotopic (exact) mass is 662 g/mol. The van der Waals surface area contributed by atoms with Crippen LogP contribution >= 0.6 is 11.6 Å². The van der Waals surface area contributed by atoms with Crippen LogP contribution in [0.5, 0.6) is 6.01 Å². The summed E-state index contributed by atoms with van der Waals surface area (Å²) in [5.41, 5.74) is -0.150. The molecule has 6 heterocycles. The van der Waals surface area contributed by atoms with Crippen LogP contribution in [0.2, 0.25) is 5.02 Å². The number of piperazine rings is 1. The molecule has 0 radical (unpaired) electrons. The summed E-state index contributed by atoms with van der Waals surface area (Å²) < 4.78 is 43.4. The normalized spacial score (nSPS) is 26.5. The Morgan fingerprint density at radius 1 is 1.21 bits per heavy atom. The molecule has 2 aromatic heterocycles. The Bertz CT molecular complexity index is 1870. The zero-order chi connectivity index (χ0) is 32.5. The van der Waals surface area contributed by atoms with Crippen LogP contribution < -0.4 is 9.64 Å². The summed E-state index contributed by atoms with van der Waals surface area (Å²) in [5.74, 6) is -0.121. The number of nitrogens with zero attached hydrogens (tertiary/aromatic N) is 6. The molecule has 0 bridgehead atoms. The molecule has 0 amide bonds. The molecule has 2 unspecified atom stereocenters. The van der Waals surface area contributed by atoms with Crippen molar-refractivity contribution < 1.29 is 23.4 Å². The molecule has 4 aromatic rings. The van der Waals surface area contributed by atoms with Gasteiger partial charge in [-0.05, 0) is 43.8 Å². The smallest absolute Gasteiger partial charge is 0.319 e. The van der Waals surface area contributed by atoms with Crippen molar-refractivity contribution in [3.63, 3.8) is 0 Å². The van der Waals surface area contributed by atoms with Crippen LogP contribution in [0.15, 0.2) is 55.3 Å². The van der Waals surface area contributed by atoms with Gasteiger partial charge in [0.2, 0.25) is 0 Å². The molecule has 4 aliphatic heterocycles. The predicted molar refractivity (Wildman–Crippen MR) is 177 cm³/mol. The van der Waals surface area contributed by atoms with E-state index in [1.807, 2.05) is 36.1 Å². The van der Waals surface area contributed by atoms with Crippen LogP contribution in [0.1, 0.15) is 26.2 Å². The van der Waals surface area contributed by atoms with E-state index in [4.69, 9.17) is 26.1 Å². The van der Waals surface area contributed by atoms with Gasteiger partial charge in [-0.25, -0.2) is 8.78 Å². The average molecular weight is 663 g/mol. The summed E-state index contributed by atoms with van der Waals surface area (Å²) >= 11 is 6.62. The molecule has 8 rings (SSSR count). The number of pyridine rings is 1. The lowest BCUT2D eigenvalue weighted by Crippen LogP contribution is -2.75. The van der Waals surface area contributed by atoms with E-state index in [0.717, 1.165) is 24.8 Å². The number of fused-ring (bicyclic) bond motifs is 3. The standard InChI is InChI=1S/C35H37ClF2N6O3/c1-3-27(45)44-21(2)15-42(17-35(44)18-46-19-35)32-25-14-39-30(24-9-4-7-22-8-5-10-26(36)28(22)24)29(38)31(25)40-33(41-32)47-20-34-11-6-12-43(34)16-23(37)13-34/h3-5,7-10,14,21,23,27,45H,1,6,11-13,15-20H2,2H3/t21?,23-,27?,34+/m1/s1. The fraction of sp³-hybridized carbons (Fsp3) is 0.457. The number of hydrogen-bond acceptors (Lipinski definition) is 9. The lowest BCUT2D eigenvalue weighted by molar-refractivity contribution is -0.193. The summed E-state index contributed by atoms with van der Waals surface area (Å²) in [5, 5.41) is 13.4. The van der Waals surface area contributed by atoms with Crippen molar-refractivity contribution in [2.24, 2.45) is 0 Å². The summed E-state index contributed by atoms with van der Waals surface area (Å²) in [6.45, 7) is 9.07. The third-order valence-corrected chi connectivity index (χ3v) is 10.8. The van der Waals surface area contributed by atoms with E-state index >= 15 is 4.39 Å². The van der Waals surface area contributed by atoms with Gasteiger partial charge >= 0.3 is 6.01 Å². The Balaban J connectivity index is 1.25. The highest BCUT2D eigenvalue weighted by Crippen LogP contribution is 2.42. The van der Waals surface area contributed by atoms with Crippen molar-refractivity contribution in [1.29, 1.82) is 0 Å². The molecule has 2 aromatic carbocycles. The molecule has 1 N–H and O–H groups in total. The van der Waals surface area contributed by atoms with Gasteiger partial charge in [-0.2, -0.15) is 9.97 Å². The quantitative estimate of drug-likeness (QED) is 0.262. The van der Waals surface area contributed by atoms with Crippen LogP contribution in [0.4, 0.5) is 14.6 Å². The van der Waals surface area contributed by atoms with Gasteiger partial charge in [-0.15, -0.1) is 0 Å². The number of hydrogen-bond donors (Lipinski definition) is 1. The molecule has 1 spiro atoms. The maximum Gasteiger partial charge on any atom is 0.319 e. The van der Waals surface area contributed by atoms with Crippen molar-refractivity contribution in [1.82, 2.24) is 24.8 Å². The highest BCUT2D eigenvalue weighted by molar-refractivity contribution is 6.36. The van der Waals surface area contributed by atoms with Crippen LogP contribution in [0, 0.1) is 5.82 Å². The first kappa shape index (κ1) is 30.8. The van der Waals surface area contributed by atoms with Crippen LogP contribution in [0.25, 0.3) is 32.9 Å².